The fourth-order valence-electron chi connectivity index (χ4n) is 4.09. The first-order valence-corrected chi connectivity index (χ1v) is 15.1. The number of rotatable bonds is 11. The predicted octanol–water partition coefficient (Wildman–Crippen LogP) is 5.23. The van der Waals surface area contributed by atoms with E-state index in [4.69, 9.17) is 23.2 Å². The number of nitrogens with zero attached hydrogens (tertiary/aromatic N) is 2. The van der Waals surface area contributed by atoms with Gasteiger partial charge in [-0.1, -0.05) is 77.3 Å². The van der Waals surface area contributed by atoms with E-state index in [1.807, 2.05) is 51.1 Å². The van der Waals surface area contributed by atoms with Crippen molar-refractivity contribution in [2.24, 2.45) is 0 Å². The number of sulfonamides is 1. The van der Waals surface area contributed by atoms with Crippen molar-refractivity contribution in [1.29, 1.82) is 0 Å². The van der Waals surface area contributed by atoms with Gasteiger partial charge in [0.1, 0.15) is 12.6 Å². The van der Waals surface area contributed by atoms with Crippen molar-refractivity contribution >= 4 is 50.7 Å². The van der Waals surface area contributed by atoms with Crippen molar-refractivity contribution < 1.29 is 18.0 Å². The summed E-state index contributed by atoms with van der Waals surface area (Å²) in [5, 5.41) is 3.59. The van der Waals surface area contributed by atoms with Crippen LogP contribution in [0.25, 0.3) is 0 Å². The number of nitrogens with one attached hydrogen (secondary N) is 1. The molecule has 0 aliphatic heterocycles. The molecule has 39 heavy (non-hydrogen) atoms. The van der Waals surface area contributed by atoms with Gasteiger partial charge in [0.05, 0.1) is 22.0 Å². The van der Waals surface area contributed by atoms with Crippen LogP contribution in [0.2, 0.25) is 10.0 Å². The molecule has 10 heteroatoms. The predicted molar refractivity (Wildman–Crippen MR) is 158 cm³/mol. The van der Waals surface area contributed by atoms with Gasteiger partial charge in [-0.3, -0.25) is 13.9 Å². The Hall–Kier alpha value is -3.07. The van der Waals surface area contributed by atoms with Crippen LogP contribution in [0.15, 0.2) is 72.8 Å². The van der Waals surface area contributed by atoms with E-state index in [1.165, 1.54) is 4.90 Å². The second-order valence-electron chi connectivity index (χ2n) is 9.74. The number of carbonyl (C=O) groups is 2. The number of benzene rings is 3. The van der Waals surface area contributed by atoms with Gasteiger partial charge >= 0.3 is 0 Å². The van der Waals surface area contributed by atoms with Gasteiger partial charge in [0.15, 0.2) is 0 Å². The summed E-state index contributed by atoms with van der Waals surface area (Å²) in [6, 6.07) is 20.1. The van der Waals surface area contributed by atoms with E-state index < -0.39 is 28.5 Å². The van der Waals surface area contributed by atoms with E-state index >= 15 is 0 Å². The molecule has 1 unspecified atom stereocenters. The van der Waals surface area contributed by atoms with Gasteiger partial charge in [-0.15, -0.1) is 0 Å². The van der Waals surface area contributed by atoms with Crippen molar-refractivity contribution in [3.8, 4) is 0 Å². The first-order chi connectivity index (χ1) is 18.3. The van der Waals surface area contributed by atoms with Crippen LogP contribution in [-0.4, -0.2) is 50.0 Å². The van der Waals surface area contributed by atoms with Gasteiger partial charge < -0.3 is 10.2 Å². The molecule has 1 atom stereocenters. The fraction of sp³-hybridized carbons (Fsp3) is 0.310. The van der Waals surface area contributed by atoms with E-state index in [0.717, 1.165) is 21.7 Å². The standard InChI is InChI=1S/C29H33Cl2N3O4S/c1-20(2)32-29(36)27(17-22-8-6-5-7-9-22)33(18-23-12-15-25(30)26(31)16-23)28(35)19-34(39(4,37)38)24-13-10-21(3)11-14-24/h5-16,20,27H,17-19H2,1-4H3,(H,32,36). The Bertz CT molecular complexity index is 1400. The molecule has 0 bridgehead atoms. The van der Waals surface area contributed by atoms with Crippen LogP contribution in [0.1, 0.15) is 30.5 Å². The molecule has 0 spiro atoms. The molecule has 3 aromatic carbocycles. The average Bonchev–Trinajstić information content (AvgIpc) is 2.87. The van der Waals surface area contributed by atoms with Gasteiger partial charge in [-0.25, -0.2) is 8.42 Å². The van der Waals surface area contributed by atoms with Crippen molar-refractivity contribution in [3.05, 3.63) is 99.5 Å². The molecule has 0 saturated heterocycles. The zero-order valence-electron chi connectivity index (χ0n) is 22.4. The summed E-state index contributed by atoms with van der Waals surface area (Å²) < 4.78 is 26.7. The molecule has 0 saturated carbocycles. The Balaban J connectivity index is 2.06. The van der Waals surface area contributed by atoms with Crippen molar-refractivity contribution in [3.63, 3.8) is 0 Å². The van der Waals surface area contributed by atoms with E-state index in [-0.39, 0.29) is 24.9 Å². The van der Waals surface area contributed by atoms with Crippen LogP contribution in [0.3, 0.4) is 0 Å². The summed E-state index contributed by atoms with van der Waals surface area (Å²) in [5.41, 5.74) is 2.81. The largest absolute Gasteiger partial charge is 0.352 e. The number of carbonyl (C=O) groups excluding carboxylic acids is 2. The van der Waals surface area contributed by atoms with Crippen LogP contribution < -0.4 is 9.62 Å². The van der Waals surface area contributed by atoms with Gasteiger partial charge in [0.25, 0.3) is 0 Å². The number of anilines is 1. The number of amides is 2. The summed E-state index contributed by atoms with van der Waals surface area (Å²) in [6.07, 6.45) is 1.28. The average molecular weight is 591 g/mol. The highest BCUT2D eigenvalue weighted by Gasteiger charge is 2.33. The molecule has 0 aliphatic rings. The number of hydrogen-bond acceptors (Lipinski definition) is 4. The summed E-state index contributed by atoms with van der Waals surface area (Å²) in [7, 11) is -3.82. The van der Waals surface area contributed by atoms with Gasteiger partial charge in [0, 0.05) is 19.0 Å². The minimum absolute atomic E-state index is 0.0181. The molecular weight excluding hydrogens is 557 g/mol. The topological polar surface area (TPSA) is 86.8 Å². The SMILES string of the molecule is Cc1ccc(N(CC(=O)N(Cc2ccc(Cl)c(Cl)c2)C(Cc2ccccc2)C(=O)NC(C)C)S(C)(=O)=O)cc1. The van der Waals surface area contributed by atoms with Crippen molar-refractivity contribution in [2.75, 3.05) is 17.1 Å². The summed E-state index contributed by atoms with van der Waals surface area (Å²) >= 11 is 12.4. The number of aryl methyl sites for hydroxylation is 1. The smallest absolute Gasteiger partial charge is 0.244 e. The number of hydrogen-bond donors (Lipinski definition) is 1. The highest BCUT2D eigenvalue weighted by molar-refractivity contribution is 7.92. The van der Waals surface area contributed by atoms with Crippen LogP contribution in [0.4, 0.5) is 5.69 Å². The van der Waals surface area contributed by atoms with Gasteiger partial charge in [-0.05, 0) is 56.2 Å². The lowest BCUT2D eigenvalue weighted by atomic mass is 10.0. The second-order valence-corrected chi connectivity index (χ2v) is 12.5. The van der Waals surface area contributed by atoms with Crippen LogP contribution in [0.5, 0.6) is 0 Å². The monoisotopic (exact) mass is 589 g/mol. The molecule has 3 aromatic rings. The molecule has 0 heterocycles. The van der Waals surface area contributed by atoms with E-state index in [9.17, 15) is 18.0 Å². The Morgan fingerprint density at radius 2 is 1.54 bits per heavy atom. The molecule has 2 amide bonds. The third-order valence-corrected chi connectivity index (χ3v) is 7.92. The Kier molecular flexibility index (Phi) is 10.4. The third kappa shape index (κ3) is 8.71. The maximum Gasteiger partial charge on any atom is 0.244 e. The molecule has 1 N–H and O–H groups in total. The quantitative estimate of drug-likeness (QED) is 0.331. The lowest BCUT2D eigenvalue weighted by molar-refractivity contribution is -0.140. The van der Waals surface area contributed by atoms with Crippen LogP contribution in [-0.2, 0) is 32.6 Å². The molecule has 0 aliphatic carbocycles. The third-order valence-electron chi connectivity index (χ3n) is 6.04. The molecule has 0 radical (unpaired) electrons. The van der Waals surface area contributed by atoms with E-state index in [2.05, 4.69) is 5.32 Å². The maximum absolute atomic E-state index is 14.0. The Morgan fingerprint density at radius 1 is 0.897 bits per heavy atom. The maximum atomic E-state index is 14.0. The molecule has 0 fully saturated rings. The second kappa shape index (κ2) is 13.3. The molecule has 0 aromatic heterocycles. The van der Waals surface area contributed by atoms with E-state index in [1.54, 1.807) is 42.5 Å². The molecule has 3 rings (SSSR count). The summed E-state index contributed by atoms with van der Waals surface area (Å²) in [4.78, 5) is 28.9. The summed E-state index contributed by atoms with van der Waals surface area (Å²) in [5.74, 6) is -0.879. The van der Waals surface area contributed by atoms with Gasteiger partial charge in [-0.2, -0.15) is 0 Å². The first-order valence-electron chi connectivity index (χ1n) is 12.5. The molecule has 7 nitrogen and oxygen atoms in total. The van der Waals surface area contributed by atoms with Crippen LogP contribution in [0, 0.1) is 6.92 Å². The Morgan fingerprint density at radius 3 is 2.10 bits per heavy atom. The first kappa shape index (κ1) is 30.5. The Labute approximate surface area is 240 Å². The van der Waals surface area contributed by atoms with Crippen LogP contribution >= 0.6 is 23.2 Å². The number of halogens is 2. The van der Waals surface area contributed by atoms with E-state index in [0.29, 0.717) is 21.3 Å². The molecular formula is C29H33Cl2N3O4S. The minimum atomic E-state index is -3.82. The minimum Gasteiger partial charge on any atom is -0.352 e. The zero-order valence-corrected chi connectivity index (χ0v) is 24.7. The lowest BCUT2D eigenvalue weighted by Gasteiger charge is -2.34. The highest BCUT2D eigenvalue weighted by atomic mass is 35.5. The summed E-state index contributed by atoms with van der Waals surface area (Å²) in [6.45, 7) is 5.10. The van der Waals surface area contributed by atoms with Crippen molar-refractivity contribution in [2.45, 2.75) is 45.8 Å². The highest BCUT2D eigenvalue weighted by Crippen LogP contribution is 2.25. The van der Waals surface area contributed by atoms with Gasteiger partial charge in [0.2, 0.25) is 21.8 Å². The van der Waals surface area contributed by atoms with Crippen molar-refractivity contribution in [1.82, 2.24) is 10.2 Å². The molecule has 208 valence electrons. The fourth-order valence-corrected chi connectivity index (χ4v) is 5.26. The normalized spacial score (nSPS) is 12.2. The zero-order chi connectivity index (χ0) is 28.7. The lowest BCUT2D eigenvalue weighted by Crippen LogP contribution is -2.54.